The van der Waals surface area contributed by atoms with Gasteiger partial charge in [0, 0.05) is 6.54 Å². The molecule has 4 rings (SSSR count). The van der Waals surface area contributed by atoms with Gasteiger partial charge in [0.15, 0.2) is 0 Å². The van der Waals surface area contributed by atoms with Crippen LogP contribution in [-0.2, 0) is 11.3 Å². The molecule has 2 aromatic rings. The summed E-state index contributed by atoms with van der Waals surface area (Å²) in [6, 6.07) is 7.61. The first-order valence-corrected chi connectivity index (χ1v) is 9.26. The maximum Gasteiger partial charge on any atom is 0.228 e. The van der Waals surface area contributed by atoms with E-state index in [0.717, 1.165) is 49.5 Å². The zero-order chi connectivity index (χ0) is 18.0. The van der Waals surface area contributed by atoms with Gasteiger partial charge in [-0.05, 0) is 49.6 Å². The molecule has 2 fully saturated rings. The van der Waals surface area contributed by atoms with E-state index >= 15 is 0 Å². The molecule has 1 saturated heterocycles. The van der Waals surface area contributed by atoms with E-state index in [-0.39, 0.29) is 23.7 Å². The second-order valence-corrected chi connectivity index (χ2v) is 7.26. The zero-order valence-corrected chi connectivity index (χ0v) is 16.3. The number of fused-ring (bicyclic) bond motifs is 1. The van der Waals surface area contributed by atoms with Crippen molar-refractivity contribution < 1.29 is 9.53 Å². The maximum absolute atomic E-state index is 12.9. The van der Waals surface area contributed by atoms with E-state index in [0.29, 0.717) is 12.5 Å². The number of hydrogen-bond acceptors (Lipinski definition) is 5. The number of benzene rings is 1. The zero-order valence-electron chi connectivity index (χ0n) is 15.5. The molecule has 0 radical (unpaired) electrons. The second-order valence-electron chi connectivity index (χ2n) is 7.26. The van der Waals surface area contributed by atoms with Gasteiger partial charge in [-0.3, -0.25) is 4.79 Å². The van der Waals surface area contributed by atoms with Gasteiger partial charge in [0.2, 0.25) is 5.91 Å². The van der Waals surface area contributed by atoms with Crippen molar-refractivity contribution in [3.05, 3.63) is 36.2 Å². The summed E-state index contributed by atoms with van der Waals surface area (Å²) in [6.45, 7) is 2.16. The minimum absolute atomic E-state index is 0. The van der Waals surface area contributed by atoms with Gasteiger partial charge in [0.25, 0.3) is 0 Å². The van der Waals surface area contributed by atoms with E-state index in [4.69, 9.17) is 4.74 Å². The van der Waals surface area contributed by atoms with Crippen LogP contribution in [0.1, 0.15) is 31.4 Å². The maximum atomic E-state index is 12.9. The Morgan fingerprint density at radius 1 is 1.37 bits per heavy atom. The van der Waals surface area contributed by atoms with Crippen molar-refractivity contribution in [3.63, 3.8) is 0 Å². The third-order valence-electron chi connectivity index (χ3n) is 5.80. The minimum atomic E-state index is -0.232. The predicted molar refractivity (Wildman–Crippen MR) is 104 cm³/mol. The first kappa shape index (κ1) is 19.6. The summed E-state index contributed by atoms with van der Waals surface area (Å²) < 4.78 is 6.88. The summed E-state index contributed by atoms with van der Waals surface area (Å²) in [5.74, 6) is 1.42. The van der Waals surface area contributed by atoms with Crippen LogP contribution >= 0.6 is 12.4 Å². The van der Waals surface area contributed by atoms with Crippen molar-refractivity contribution >= 4 is 18.3 Å². The van der Waals surface area contributed by atoms with Crippen molar-refractivity contribution in [1.29, 1.82) is 0 Å². The summed E-state index contributed by atoms with van der Waals surface area (Å²) in [5.41, 5.74) is 1.43. The van der Waals surface area contributed by atoms with Crippen molar-refractivity contribution in [2.24, 2.45) is 11.3 Å². The van der Waals surface area contributed by atoms with Gasteiger partial charge in [0.1, 0.15) is 11.4 Å². The average molecular weight is 392 g/mol. The molecule has 1 aromatic carbocycles. The van der Waals surface area contributed by atoms with Gasteiger partial charge in [-0.2, -0.15) is 0 Å². The fourth-order valence-corrected chi connectivity index (χ4v) is 4.28. The van der Waals surface area contributed by atoms with E-state index in [2.05, 4.69) is 20.9 Å². The summed E-state index contributed by atoms with van der Waals surface area (Å²) >= 11 is 0. The molecule has 0 spiro atoms. The van der Waals surface area contributed by atoms with Crippen LogP contribution in [0.2, 0.25) is 0 Å². The van der Waals surface area contributed by atoms with Gasteiger partial charge >= 0.3 is 0 Å². The van der Waals surface area contributed by atoms with E-state index in [1.807, 2.05) is 30.5 Å². The number of rotatable bonds is 5. The predicted octanol–water partition coefficient (Wildman–Crippen LogP) is 2.09. The minimum Gasteiger partial charge on any atom is -0.497 e. The SMILES string of the molecule is COc1ccc(-n2cc(CNC(=O)[C@@]34CCCC[C@H]3CNC4)nn2)cc1.Cl. The van der Waals surface area contributed by atoms with E-state index in [1.165, 1.54) is 6.42 Å². The first-order chi connectivity index (χ1) is 12.7. The molecule has 1 aromatic heterocycles. The fourth-order valence-electron chi connectivity index (χ4n) is 4.28. The van der Waals surface area contributed by atoms with E-state index in [1.54, 1.807) is 11.8 Å². The lowest BCUT2D eigenvalue weighted by Crippen LogP contribution is -2.47. The summed E-state index contributed by atoms with van der Waals surface area (Å²) in [4.78, 5) is 12.9. The topological polar surface area (TPSA) is 81.1 Å². The number of carbonyl (C=O) groups excluding carboxylic acids is 1. The van der Waals surface area contributed by atoms with Gasteiger partial charge in [-0.25, -0.2) is 4.68 Å². The van der Waals surface area contributed by atoms with Gasteiger partial charge in [0.05, 0.1) is 31.0 Å². The number of methoxy groups -OCH3 is 1. The van der Waals surface area contributed by atoms with Crippen LogP contribution in [0.25, 0.3) is 5.69 Å². The lowest BCUT2D eigenvalue weighted by molar-refractivity contribution is -0.134. The van der Waals surface area contributed by atoms with Crippen LogP contribution in [0.5, 0.6) is 5.75 Å². The number of amides is 1. The molecule has 1 saturated carbocycles. The number of ether oxygens (including phenoxy) is 1. The molecule has 0 bridgehead atoms. The third kappa shape index (κ3) is 3.80. The summed E-state index contributed by atoms with van der Waals surface area (Å²) in [7, 11) is 1.64. The molecule has 1 aliphatic carbocycles. The second kappa shape index (κ2) is 8.27. The number of halogens is 1. The van der Waals surface area contributed by atoms with Crippen LogP contribution < -0.4 is 15.4 Å². The monoisotopic (exact) mass is 391 g/mol. The lowest BCUT2D eigenvalue weighted by Gasteiger charge is -2.37. The molecule has 1 aliphatic heterocycles. The largest absolute Gasteiger partial charge is 0.497 e. The number of nitrogens with one attached hydrogen (secondary N) is 2. The van der Waals surface area contributed by atoms with Crippen LogP contribution in [0.3, 0.4) is 0 Å². The average Bonchev–Trinajstić information content (AvgIpc) is 3.34. The van der Waals surface area contributed by atoms with Crippen molar-refractivity contribution in [1.82, 2.24) is 25.6 Å². The normalized spacial score (nSPS) is 24.0. The molecule has 2 heterocycles. The van der Waals surface area contributed by atoms with Crippen LogP contribution in [0.4, 0.5) is 0 Å². The molecule has 146 valence electrons. The molecule has 1 amide bonds. The highest BCUT2D eigenvalue weighted by atomic mass is 35.5. The van der Waals surface area contributed by atoms with Crippen LogP contribution in [0, 0.1) is 11.3 Å². The molecule has 2 atom stereocenters. The smallest absolute Gasteiger partial charge is 0.228 e. The van der Waals surface area contributed by atoms with Gasteiger partial charge in [-0.15, -0.1) is 17.5 Å². The Morgan fingerprint density at radius 3 is 2.96 bits per heavy atom. The Kier molecular flexibility index (Phi) is 6.01. The highest BCUT2D eigenvalue weighted by Crippen LogP contribution is 2.43. The van der Waals surface area contributed by atoms with Gasteiger partial charge in [-0.1, -0.05) is 18.1 Å². The molecular weight excluding hydrogens is 366 g/mol. The Bertz CT molecular complexity index is 779. The fraction of sp³-hybridized carbons (Fsp3) is 0.526. The van der Waals surface area contributed by atoms with Gasteiger partial charge < -0.3 is 15.4 Å². The Hall–Kier alpha value is -2.12. The van der Waals surface area contributed by atoms with Crippen molar-refractivity contribution in [2.45, 2.75) is 32.2 Å². The van der Waals surface area contributed by atoms with Crippen molar-refractivity contribution in [3.8, 4) is 11.4 Å². The molecular formula is C19H26ClN5O2. The molecule has 0 unspecified atom stereocenters. The number of carbonyl (C=O) groups is 1. The molecule has 2 aliphatic rings. The van der Waals surface area contributed by atoms with Crippen LogP contribution in [0.15, 0.2) is 30.5 Å². The van der Waals surface area contributed by atoms with E-state index in [9.17, 15) is 4.79 Å². The first-order valence-electron chi connectivity index (χ1n) is 9.26. The quantitative estimate of drug-likeness (QED) is 0.815. The summed E-state index contributed by atoms with van der Waals surface area (Å²) in [6.07, 6.45) is 6.35. The highest BCUT2D eigenvalue weighted by Gasteiger charge is 2.49. The highest BCUT2D eigenvalue weighted by molar-refractivity contribution is 5.85. The molecule has 27 heavy (non-hydrogen) atoms. The molecule has 2 N–H and O–H groups in total. The Labute approximate surface area is 165 Å². The molecule has 7 nitrogen and oxygen atoms in total. The van der Waals surface area contributed by atoms with E-state index < -0.39 is 0 Å². The number of nitrogens with zero attached hydrogens (tertiary/aromatic N) is 3. The molecule has 8 heteroatoms. The number of aromatic nitrogens is 3. The van der Waals surface area contributed by atoms with Crippen LogP contribution in [-0.4, -0.2) is 41.1 Å². The Morgan fingerprint density at radius 2 is 2.19 bits per heavy atom. The summed E-state index contributed by atoms with van der Waals surface area (Å²) in [5, 5.41) is 14.9. The Balaban J connectivity index is 0.00000210. The third-order valence-corrected chi connectivity index (χ3v) is 5.80. The number of hydrogen-bond donors (Lipinski definition) is 2. The standard InChI is InChI=1S/C19H25N5O2.ClH/c1-26-17-7-5-16(6-8-17)24-12-15(22-23-24)11-21-18(25)19-9-3-2-4-14(19)10-20-13-19;/h5-8,12,14,20H,2-4,9-11,13H2,1H3,(H,21,25);1H/t14-,19+;/m0./s1. The lowest BCUT2D eigenvalue weighted by atomic mass is 9.67. The van der Waals surface area contributed by atoms with Crippen molar-refractivity contribution in [2.75, 3.05) is 20.2 Å².